The zero-order valence-corrected chi connectivity index (χ0v) is 10.1. The lowest BCUT2D eigenvalue weighted by Gasteiger charge is -2.17. The molecule has 5 heteroatoms. The molecule has 0 aromatic carbocycles. The van der Waals surface area contributed by atoms with Gasteiger partial charge in [-0.2, -0.15) is 0 Å². The Morgan fingerprint density at radius 3 is 2.88 bits per heavy atom. The molecule has 0 amide bonds. The zero-order chi connectivity index (χ0) is 12.3. The fourth-order valence-corrected chi connectivity index (χ4v) is 2.33. The van der Waals surface area contributed by atoms with Crippen molar-refractivity contribution < 1.29 is 5.11 Å². The molecule has 1 aromatic rings. The van der Waals surface area contributed by atoms with Crippen LogP contribution in [0.3, 0.4) is 0 Å². The van der Waals surface area contributed by atoms with E-state index in [1.807, 2.05) is 7.05 Å². The first kappa shape index (κ1) is 12.1. The maximum atomic E-state index is 11.6. The third-order valence-corrected chi connectivity index (χ3v) is 3.32. The van der Waals surface area contributed by atoms with Gasteiger partial charge in [0.05, 0.1) is 12.3 Å². The lowest BCUT2D eigenvalue weighted by Crippen LogP contribution is -2.26. The molecule has 0 atom stereocenters. The first-order valence-corrected chi connectivity index (χ1v) is 6.14. The van der Waals surface area contributed by atoms with Gasteiger partial charge in [0.25, 0.3) is 5.56 Å². The van der Waals surface area contributed by atoms with Crippen LogP contribution in [0.4, 0.5) is 5.95 Å². The van der Waals surface area contributed by atoms with Crippen LogP contribution in [0.2, 0.25) is 0 Å². The number of hydrogen-bond donors (Lipinski definition) is 2. The Balaban J connectivity index is 2.25. The Hall–Kier alpha value is -1.36. The standard InChI is InChI=1S/C12H19N3O2/c1-15(6-7-16)12-13-10(8-11(17)14-12)9-4-2-3-5-9/h8-9,16H,2-7H2,1H3,(H,13,14,17). The van der Waals surface area contributed by atoms with Crippen molar-refractivity contribution in [2.45, 2.75) is 31.6 Å². The molecule has 1 aromatic heterocycles. The average molecular weight is 237 g/mol. The molecule has 2 rings (SSSR count). The lowest BCUT2D eigenvalue weighted by atomic mass is 10.0. The number of hydrogen-bond acceptors (Lipinski definition) is 4. The molecular weight excluding hydrogens is 218 g/mol. The summed E-state index contributed by atoms with van der Waals surface area (Å²) in [6.07, 6.45) is 4.70. The Morgan fingerprint density at radius 1 is 1.53 bits per heavy atom. The highest BCUT2D eigenvalue weighted by atomic mass is 16.3. The van der Waals surface area contributed by atoms with Crippen LogP contribution in [-0.2, 0) is 0 Å². The van der Waals surface area contributed by atoms with Gasteiger partial charge in [0.1, 0.15) is 0 Å². The molecule has 94 valence electrons. The Bertz CT molecular complexity index is 424. The maximum Gasteiger partial charge on any atom is 0.252 e. The van der Waals surface area contributed by atoms with Crippen molar-refractivity contribution in [1.29, 1.82) is 0 Å². The summed E-state index contributed by atoms with van der Waals surface area (Å²) in [6, 6.07) is 1.60. The Labute approximate surface area is 100 Å². The van der Waals surface area contributed by atoms with Crippen LogP contribution >= 0.6 is 0 Å². The van der Waals surface area contributed by atoms with E-state index in [0.29, 0.717) is 18.4 Å². The van der Waals surface area contributed by atoms with Crippen LogP contribution < -0.4 is 10.5 Å². The van der Waals surface area contributed by atoms with E-state index in [1.165, 1.54) is 12.8 Å². The summed E-state index contributed by atoms with van der Waals surface area (Å²) >= 11 is 0. The van der Waals surface area contributed by atoms with Gasteiger partial charge in [-0.1, -0.05) is 12.8 Å². The summed E-state index contributed by atoms with van der Waals surface area (Å²) in [7, 11) is 1.81. The molecule has 1 aliphatic rings. The molecule has 0 saturated heterocycles. The molecule has 5 nitrogen and oxygen atoms in total. The monoisotopic (exact) mass is 237 g/mol. The number of H-pyrrole nitrogens is 1. The van der Waals surface area contributed by atoms with Crippen molar-refractivity contribution in [3.63, 3.8) is 0 Å². The summed E-state index contributed by atoms with van der Waals surface area (Å²) < 4.78 is 0. The van der Waals surface area contributed by atoms with Crippen molar-refractivity contribution in [3.05, 3.63) is 22.1 Å². The summed E-state index contributed by atoms with van der Waals surface area (Å²) in [5, 5.41) is 8.89. The third-order valence-electron chi connectivity index (χ3n) is 3.32. The summed E-state index contributed by atoms with van der Waals surface area (Å²) in [4.78, 5) is 20.6. The Kier molecular flexibility index (Phi) is 3.78. The third kappa shape index (κ3) is 2.85. The minimum atomic E-state index is -0.110. The topological polar surface area (TPSA) is 69.2 Å². The van der Waals surface area contributed by atoms with Crippen molar-refractivity contribution in [2.24, 2.45) is 0 Å². The molecule has 0 spiro atoms. The van der Waals surface area contributed by atoms with Crippen LogP contribution in [0.15, 0.2) is 10.9 Å². The van der Waals surface area contributed by atoms with Gasteiger partial charge >= 0.3 is 0 Å². The first-order valence-electron chi connectivity index (χ1n) is 6.14. The van der Waals surface area contributed by atoms with Gasteiger partial charge in [-0.3, -0.25) is 9.78 Å². The molecule has 1 fully saturated rings. The number of aliphatic hydroxyl groups excluding tert-OH is 1. The van der Waals surface area contributed by atoms with E-state index in [4.69, 9.17) is 5.11 Å². The number of aromatic amines is 1. The second kappa shape index (κ2) is 5.31. The van der Waals surface area contributed by atoms with Crippen LogP contribution in [0, 0.1) is 0 Å². The summed E-state index contributed by atoms with van der Waals surface area (Å²) in [5.74, 6) is 0.979. The molecule has 2 N–H and O–H groups in total. The molecule has 17 heavy (non-hydrogen) atoms. The minimum Gasteiger partial charge on any atom is -0.395 e. The van der Waals surface area contributed by atoms with Gasteiger partial charge in [0.2, 0.25) is 5.95 Å². The number of likely N-dealkylation sites (N-methyl/N-ethyl adjacent to an activating group) is 1. The molecular formula is C12H19N3O2. The predicted molar refractivity (Wildman–Crippen MR) is 66.4 cm³/mol. The van der Waals surface area contributed by atoms with Crippen molar-refractivity contribution in [1.82, 2.24) is 9.97 Å². The molecule has 1 heterocycles. The largest absolute Gasteiger partial charge is 0.395 e. The van der Waals surface area contributed by atoms with Crippen molar-refractivity contribution >= 4 is 5.95 Å². The van der Waals surface area contributed by atoms with Crippen LogP contribution in [0.5, 0.6) is 0 Å². The minimum absolute atomic E-state index is 0.0495. The fourth-order valence-electron chi connectivity index (χ4n) is 2.33. The zero-order valence-electron chi connectivity index (χ0n) is 10.1. The number of aromatic nitrogens is 2. The lowest BCUT2D eigenvalue weighted by molar-refractivity contribution is 0.303. The van der Waals surface area contributed by atoms with Gasteiger partial charge < -0.3 is 10.0 Å². The van der Waals surface area contributed by atoms with Crippen LogP contribution in [-0.4, -0.2) is 35.3 Å². The first-order chi connectivity index (χ1) is 8.20. The molecule has 0 radical (unpaired) electrons. The summed E-state index contributed by atoms with van der Waals surface area (Å²) in [6.45, 7) is 0.519. The second-order valence-corrected chi connectivity index (χ2v) is 4.62. The van der Waals surface area contributed by atoms with Crippen LogP contribution in [0.25, 0.3) is 0 Å². The van der Waals surface area contributed by atoms with E-state index in [0.717, 1.165) is 18.5 Å². The normalized spacial score (nSPS) is 16.4. The quantitative estimate of drug-likeness (QED) is 0.814. The van der Waals surface area contributed by atoms with Gasteiger partial charge in [-0.15, -0.1) is 0 Å². The smallest absolute Gasteiger partial charge is 0.252 e. The number of nitrogens with one attached hydrogen (secondary N) is 1. The van der Waals surface area contributed by atoms with E-state index >= 15 is 0 Å². The van der Waals surface area contributed by atoms with E-state index < -0.39 is 0 Å². The molecule has 1 aliphatic carbocycles. The number of aliphatic hydroxyl groups is 1. The highest BCUT2D eigenvalue weighted by Crippen LogP contribution is 2.32. The fraction of sp³-hybridized carbons (Fsp3) is 0.667. The molecule has 1 saturated carbocycles. The molecule has 0 unspecified atom stereocenters. The SMILES string of the molecule is CN(CCO)c1nc(C2CCCC2)cc(=O)[nH]1. The van der Waals surface area contributed by atoms with Crippen LogP contribution in [0.1, 0.15) is 37.3 Å². The maximum absolute atomic E-state index is 11.6. The van der Waals surface area contributed by atoms with E-state index in [1.54, 1.807) is 11.0 Å². The van der Waals surface area contributed by atoms with Gasteiger partial charge in [-0.05, 0) is 12.8 Å². The highest BCUT2D eigenvalue weighted by molar-refractivity contribution is 5.29. The number of rotatable bonds is 4. The average Bonchev–Trinajstić information content (AvgIpc) is 2.82. The number of anilines is 1. The van der Waals surface area contributed by atoms with Crippen molar-refractivity contribution in [3.8, 4) is 0 Å². The molecule has 0 aliphatic heterocycles. The second-order valence-electron chi connectivity index (χ2n) is 4.62. The predicted octanol–water partition coefficient (Wildman–Crippen LogP) is 0.856. The number of nitrogens with zero attached hydrogens (tertiary/aromatic N) is 2. The van der Waals surface area contributed by atoms with Gasteiger partial charge in [0.15, 0.2) is 0 Å². The molecule has 0 bridgehead atoms. The highest BCUT2D eigenvalue weighted by Gasteiger charge is 2.19. The van der Waals surface area contributed by atoms with Gasteiger partial charge in [-0.25, -0.2) is 4.98 Å². The van der Waals surface area contributed by atoms with E-state index in [9.17, 15) is 4.79 Å². The van der Waals surface area contributed by atoms with E-state index in [-0.39, 0.29) is 12.2 Å². The van der Waals surface area contributed by atoms with Gasteiger partial charge in [0, 0.05) is 25.6 Å². The summed E-state index contributed by atoms with van der Waals surface area (Å²) in [5.41, 5.74) is 0.785. The van der Waals surface area contributed by atoms with Crippen molar-refractivity contribution in [2.75, 3.05) is 25.1 Å². The Morgan fingerprint density at radius 2 is 2.24 bits per heavy atom. The van der Waals surface area contributed by atoms with E-state index in [2.05, 4.69) is 9.97 Å².